The van der Waals surface area contributed by atoms with Crippen molar-refractivity contribution in [2.75, 3.05) is 14.2 Å². The van der Waals surface area contributed by atoms with Gasteiger partial charge in [-0.25, -0.2) is 0 Å². The molecule has 0 saturated heterocycles. The van der Waals surface area contributed by atoms with Gasteiger partial charge in [-0.15, -0.1) is 0 Å². The van der Waals surface area contributed by atoms with Crippen LogP contribution in [0.5, 0.6) is 5.75 Å². The van der Waals surface area contributed by atoms with E-state index in [-0.39, 0.29) is 11.8 Å². The fourth-order valence-electron chi connectivity index (χ4n) is 5.64. The highest BCUT2D eigenvalue weighted by molar-refractivity contribution is 5.78. The average Bonchev–Trinajstić information content (AvgIpc) is 2.83. The Bertz CT molecular complexity index is 967. The van der Waals surface area contributed by atoms with Gasteiger partial charge >= 0.3 is 0 Å². The quantitative estimate of drug-likeness (QED) is 0.328. The van der Waals surface area contributed by atoms with E-state index in [4.69, 9.17) is 9.47 Å². The molecule has 0 spiro atoms. The Kier molecular flexibility index (Phi) is 9.51. The zero-order valence-electron chi connectivity index (χ0n) is 23.2. The molecule has 1 heterocycles. The number of ether oxygens (including phenoxy) is 2. The van der Waals surface area contributed by atoms with Crippen LogP contribution in [0.1, 0.15) is 97.5 Å². The number of amides is 1. The minimum atomic E-state index is -1.28. The first kappa shape index (κ1) is 28.1. The minimum Gasteiger partial charge on any atom is -0.499 e. The maximum Gasteiger partial charge on any atom is 0.224 e. The summed E-state index contributed by atoms with van der Waals surface area (Å²) in [6.45, 7) is 8.26. The second-order valence-electron chi connectivity index (χ2n) is 10.9. The van der Waals surface area contributed by atoms with Gasteiger partial charge in [0.1, 0.15) is 11.5 Å². The van der Waals surface area contributed by atoms with Crippen LogP contribution in [-0.2, 0) is 15.1 Å². The normalized spacial score (nSPS) is 25.5. The summed E-state index contributed by atoms with van der Waals surface area (Å²) in [4.78, 5) is 15.0. The summed E-state index contributed by atoms with van der Waals surface area (Å²) in [6.07, 6.45) is 12.0. The molecule has 3 rings (SSSR count). The van der Waals surface area contributed by atoms with Gasteiger partial charge in [0.05, 0.1) is 18.3 Å². The molecule has 1 aliphatic heterocycles. The Labute approximate surface area is 217 Å². The monoisotopic (exact) mass is 498 g/mol. The standard InChI is InChI=1S/C30H46N2O4/c1-7-8-9-10-11-12-13-18-28(33)31-24-20-25(22(2)19-27(24)35-6)32(5)29(3)21-30(4,34)36-26-17-15-14-16-23(26)29/h14-17,20,22,34H,7-13,18-19,21H2,1-6H3,(H,31,33). The summed E-state index contributed by atoms with van der Waals surface area (Å²) < 4.78 is 11.6. The van der Waals surface area contributed by atoms with Crippen LogP contribution >= 0.6 is 0 Å². The predicted molar refractivity (Wildman–Crippen MR) is 144 cm³/mol. The molecular weight excluding hydrogens is 452 g/mol. The van der Waals surface area contributed by atoms with Crippen molar-refractivity contribution in [3.05, 3.63) is 53.1 Å². The molecule has 1 amide bonds. The van der Waals surface area contributed by atoms with Gasteiger partial charge < -0.3 is 24.8 Å². The smallest absolute Gasteiger partial charge is 0.224 e. The number of unbranched alkanes of at least 4 members (excludes halogenated alkanes) is 6. The van der Waals surface area contributed by atoms with Crippen LogP contribution in [0.2, 0.25) is 0 Å². The van der Waals surface area contributed by atoms with Crippen LogP contribution in [-0.4, -0.2) is 35.9 Å². The number of hydrogen-bond donors (Lipinski definition) is 2. The van der Waals surface area contributed by atoms with Gasteiger partial charge in [-0.1, -0.05) is 70.6 Å². The molecule has 2 aliphatic rings. The highest BCUT2D eigenvalue weighted by Gasteiger charge is 2.47. The van der Waals surface area contributed by atoms with Crippen LogP contribution in [0.4, 0.5) is 0 Å². The molecule has 200 valence electrons. The predicted octanol–water partition coefficient (Wildman–Crippen LogP) is 6.36. The third-order valence-electron chi connectivity index (χ3n) is 7.71. The third kappa shape index (κ3) is 6.64. The Morgan fingerprint density at radius 2 is 1.83 bits per heavy atom. The second kappa shape index (κ2) is 12.2. The van der Waals surface area contributed by atoms with Gasteiger partial charge in [0.2, 0.25) is 11.7 Å². The summed E-state index contributed by atoms with van der Waals surface area (Å²) in [5, 5.41) is 14.1. The van der Waals surface area contributed by atoms with E-state index >= 15 is 0 Å². The van der Waals surface area contributed by atoms with E-state index in [0.29, 0.717) is 25.0 Å². The Morgan fingerprint density at radius 3 is 2.53 bits per heavy atom. The molecule has 1 aliphatic carbocycles. The molecule has 6 heteroatoms. The first-order valence-electron chi connectivity index (χ1n) is 13.6. The SMILES string of the molecule is CCCCCCCCCC(=O)NC1=C(OC)CC(C)C(N(C)C2(C)CC(C)(O)Oc3ccccc32)=C1. The zero-order valence-corrected chi connectivity index (χ0v) is 23.2. The number of para-hydroxylation sites is 1. The molecule has 0 bridgehead atoms. The summed E-state index contributed by atoms with van der Waals surface area (Å²) in [5.74, 6) is 0.439. The molecule has 0 saturated carbocycles. The van der Waals surface area contributed by atoms with E-state index in [1.54, 1.807) is 14.0 Å². The van der Waals surface area contributed by atoms with E-state index in [1.807, 2.05) is 24.3 Å². The number of fused-ring (bicyclic) bond motifs is 1. The number of hydrogen-bond acceptors (Lipinski definition) is 5. The van der Waals surface area contributed by atoms with Crippen molar-refractivity contribution in [1.29, 1.82) is 0 Å². The Hall–Kier alpha value is -2.47. The molecule has 1 aromatic carbocycles. The molecule has 1 aromatic rings. The van der Waals surface area contributed by atoms with Gasteiger partial charge in [-0.2, -0.15) is 0 Å². The van der Waals surface area contributed by atoms with Gasteiger partial charge in [-0.3, -0.25) is 4.79 Å². The molecule has 2 N–H and O–H groups in total. The van der Waals surface area contributed by atoms with Crippen molar-refractivity contribution < 1.29 is 19.4 Å². The lowest BCUT2D eigenvalue weighted by molar-refractivity contribution is -0.164. The second-order valence-corrected chi connectivity index (χ2v) is 10.9. The van der Waals surface area contributed by atoms with Gasteiger partial charge in [-0.05, 0) is 25.5 Å². The third-order valence-corrected chi connectivity index (χ3v) is 7.71. The first-order valence-corrected chi connectivity index (χ1v) is 13.6. The fraction of sp³-hybridized carbons (Fsp3) is 0.633. The fourth-order valence-corrected chi connectivity index (χ4v) is 5.64. The number of carbonyl (C=O) groups excluding carboxylic acids is 1. The number of nitrogens with zero attached hydrogens (tertiary/aromatic N) is 1. The minimum absolute atomic E-state index is 0.0338. The Balaban J connectivity index is 1.75. The van der Waals surface area contributed by atoms with Crippen LogP contribution in [0, 0.1) is 5.92 Å². The summed E-state index contributed by atoms with van der Waals surface area (Å²) in [6, 6.07) is 7.91. The molecule has 0 aromatic heterocycles. The van der Waals surface area contributed by atoms with Crippen LogP contribution < -0.4 is 10.1 Å². The van der Waals surface area contributed by atoms with Gasteiger partial charge in [0.25, 0.3) is 0 Å². The topological polar surface area (TPSA) is 71.0 Å². The van der Waals surface area contributed by atoms with Crippen molar-refractivity contribution in [3.8, 4) is 5.75 Å². The van der Waals surface area contributed by atoms with E-state index in [1.165, 1.54) is 32.1 Å². The summed E-state index contributed by atoms with van der Waals surface area (Å²) in [7, 11) is 3.73. The van der Waals surface area contributed by atoms with E-state index in [9.17, 15) is 9.90 Å². The van der Waals surface area contributed by atoms with Crippen LogP contribution in [0.25, 0.3) is 0 Å². The van der Waals surface area contributed by atoms with Gasteiger partial charge in [0, 0.05) is 50.4 Å². The number of methoxy groups -OCH3 is 1. The average molecular weight is 499 g/mol. The van der Waals surface area contributed by atoms with Crippen molar-refractivity contribution in [3.63, 3.8) is 0 Å². The molecule has 0 fully saturated rings. The van der Waals surface area contributed by atoms with Gasteiger partial charge in [0.15, 0.2) is 0 Å². The lowest BCUT2D eigenvalue weighted by Crippen LogP contribution is -2.52. The number of benzene rings is 1. The Morgan fingerprint density at radius 1 is 1.17 bits per heavy atom. The van der Waals surface area contributed by atoms with Crippen molar-refractivity contribution in [2.45, 2.75) is 103 Å². The van der Waals surface area contributed by atoms with Crippen molar-refractivity contribution in [2.24, 2.45) is 5.92 Å². The largest absolute Gasteiger partial charge is 0.499 e. The molecule has 36 heavy (non-hydrogen) atoms. The molecule has 0 radical (unpaired) electrons. The van der Waals surface area contributed by atoms with Crippen LogP contribution in [0.3, 0.4) is 0 Å². The summed E-state index contributed by atoms with van der Waals surface area (Å²) >= 11 is 0. The first-order chi connectivity index (χ1) is 17.1. The summed E-state index contributed by atoms with van der Waals surface area (Å²) in [5.41, 5.74) is 2.38. The molecule has 6 nitrogen and oxygen atoms in total. The number of allylic oxidation sites excluding steroid dienone is 3. The van der Waals surface area contributed by atoms with E-state index in [0.717, 1.165) is 35.6 Å². The molecule has 3 unspecified atom stereocenters. The maximum atomic E-state index is 12.8. The van der Waals surface area contributed by atoms with E-state index in [2.05, 4.69) is 44.1 Å². The number of nitrogens with one attached hydrogen (secondary N) is 1. The van der Waals surface area contributed by atoms with Crippen molar-refractivity contribution >= 4 is 5.91 Å². The zero-order chi connectivity index (χ0) is 26.3. The van der Waals surface area contributed by atoms with Crippen molar-refractivity contribution in [1.82, 2.24) is 10.2 Å². The number of rotatable bonds is 12. The lowest BCUT2D eigenvalue weighted by atomic mass is 9.79. The molecule has 3 atom stereocenters. The van der Waals surface area contributed by atoms with E-state index < -0.39 is 11.3 Å². The number of aliphatic hydroxyl groups is 1. The highest BCUT2D eigenvalue weighted by Crippen LogP contribution is 2.48. The number of carbonyl (C=O) groups is 1. The lowest BCUT2D eigenvalue weighted by Gasteiger charge is -2.50. The van der Waals surface area contributed by atoms with Crippen LogP contribution in [0.15, 0.2) is 47.5 Å². The maximum absolute atomic E-state index is 12.8. The molecular formula is C30H46N2O4. The highest BCUT2D eigenvalue weighted by atomic mass is 16.6.